The van der Waals surface area contributed by atoms with Crippen LogP contribution in [0.4, 0.5) is 13.2 Å². The maximum atomic E-state index is 12.7. The van der Waals surface area contributed by atoms with Crippen molar-refractivity contribution in [2.24, 2.45) is 16.6 Å². The van der Waals surface area contributed by atoms with Crippen LogP contribution < -0.4 is 11.1 Å². The van der Waals surface area contributed by atoms with E-state index in [0.29, 0.717) is 24.5 Å². The minimum Gasteiger partial charge on any atom is -0.370 e. The third-order valence-electron chi connectivity index (χ3n) is 4.28. The Kier molecular flexibility index (Phi) is 9.58. The van der Waals surface area contributed by atoms with E-state index in [1.807, 2.05) is 4.90 Å². The Labute approximate surface area is 180 Å². The van der Waals surface area contributed by atoms with Crippen LogP contribution in [0.5, 0.6) is 0 Å². The lowest BCUT2D eigenvalue weighted by molar-refractivity contribution is -0.137. The average molecular weight is 508 g/mol. The molecule has 28 heavy (non-hydrogen) atoms. The zero-order valence-corrected chi connectivity index (χ0v) is 17.9. The van der Waals surface area contributed by atoms with Crippen LogP contribution in [0.2, 0.25) is 0 Å². The van der Waals surface area contributed by atoms with Crippen LogP contribution in [0.25, 0.3) is 0 Å². The lowest BCUT2D eigenvalue weighted by Crippen LogP contribution is -2.47. The van der Waals surface area contributed by atoms with Crippen molar-refractivity contribution in [1.29, 1.82) is 0 Å². The molecule has 1 saturated heterocycles. The molecular weight excluding hydrogens is 484 g/mol. The summed E-state index contributed by atoms with van der Waals surface area (Å²) in [7, 11) is 1.65. The molecule has 3 N–H and O–H groups in total. The van der Waals surface area contributed by atoms with Gasteiger partial charge in [-0.05, 0) is 37.0 Å². The van der Waals surface area contributed by atoms with Gasteiger partial charge in [0.25, 0.3) is 0 Å². The normalized spacial score (nSPS) is 17.2. The van der Waals surface area contributed by atoms with Crippen LogP contribution in [0.15, 0.2) is 29.3 Å². The van der Waals surface area contributed by atoms with Crippen molar-refractivity contribution < 1.29 is 18.0 Å². The summed E-state index contributed by atoms with van der Waals surface area (Å²) in [4.78, 5) is 17.4. The summed E-state index contributed by atoms with van der Waals surface area (Å²) in [5.74, 6) is 6.09. The van der Waals surface area contributed by atoms with Gasteiger partial charge in [-0.2, -0.15) is 13.2 Å². The van der Waals surface area contributed by atoms with Gasteiger partial charge < -0.3 is 16.0 Å². The number of benzene rings is 1. The number of alkyl halides is 3. The van der Waals surface area contributed by atoms with E-state index in [1.54, 1.807) is 7.05 Å². The number of nitrogens with one attached hydrogen (secondary N) is 1. The fourth-order valence-electron chi connectivity index (χ4n) is 3.08. The molecular formula is C19H24F3IN4O. The molecule has 1 aliphatic heterocycles. The molecule has 1 atom stereocenters. The maximum Gasteiger partial charge on any atom is 0.416 e. The number of carbonyl (C=O) groups excluding carboxylic acids is 1. The predicted molar refractivity (Wildman–Crippen MR) is 113 cm³/mol. The van der Waals surface area contributed by atoms with Crippen molar-refractivity contribution in [2.45, 2.75) is 25.4 Å². The quantitative estimate of drug-likeness (QED) is 0.286. The van der Waals surface area contributed by atoms with Crippen LogP contribution in [0.3, 0.4) is 0 Å². The highest BCUT2D eigenvalue weighted by Crippen LogP contribution is 2.29. The minimum atomic E-state index is -4.38. The lowest BCUT2D eigenvalue weighted by Gasteiger charge is -2.34. The molecule has 1 aromatic carbocycles. The molecule has 0 radical (unpaired) electrons. The van der Waals surface area contributed by atoms with Crippen LogP contribution >= 0.6 is 24.0 Å². The number of amides is 1. The van der Waals surface area contributed by atoms with Gasteiger partial charge >= 0.3 is 6.18 Å². The van der Waals surface area contributed by atoms with Crippen LogP contribution in [0, 0.1) is 17.8 Å². The fourth-order valence-corrected chi connectivity index (χ4v) is 3.08. The molecule has 1 aliphatic rings. The Hall–Kier alpha value is -1.96. The molecule has 9 heteroatoms. The number of nitrogens with zero attached hydrogens (tertiary/aromatic N) is 2. The summed E-state index contributed by atoms with van der Waals surface area (Å²) >= 11 is 0. The number of hydrogen-bond donors (Lipinski definition) is 2. The van der Waals surface area contributed by atoms with Gasteiger partial charge in [-0.25, -0.2) is 0 Å². The average Bonchev–Trinajstić information content (AvgIpc) is 2.61. The summed E-state index contributed by atoms with van der Waals surface area (Å²) < 4.78 is 38.1. The first kappa shape index (κ1) is 24.1. The molecule has 0 bridgehead atoms. The van der Waals surface area contributed by atoms with Crippen molar-refractivity contribution in [3.05, 3.63) is 35.4 Å². The monoisotopic (exact) mass is 508 g/mol. The standard InChI is InChI=1S/C19H23F3N4O.HI/c1-24-18(26-10-4-7-15(13-26)12-17(23)27)25-9-3-6-14-5-2-8-16(11-14)19(20,21)22;/h2,5,8,11,15H,4,7,9-10,12-13H2,1H3,(H2,23,27)(H,24,25);1H. The van der Waals surface area contributed by atoms with E-state index >= 15 is 0 Å². The Morgan fingerprint density at radius 3 is 2.82 bits per heavy atom. The van der Waals surface area contributed by atoms with E-state index < -0.39 is 11.7 Å². The van der Waals surface area contributed by atoms with Gasteiger partial charge in [0.05, 0.1) is 12.1 Å². The highest BCUT2D eigenvalue weighted by Gasteiger charge is 2.30. The molecule has 1 fully saturated rings. The van der Waals surface area contributed by atoms with E-state index in [4.69, 9.17) is 5.73 Å². The lowest BCUT2D eigenvalue weighted by atomic mass is 9.95. The molecule has 0 spiro atoms. The number of halogens is 4. The summed E-state index contributed by atoms with van der Waals surface area (Å²) in [6.45, 7) is 1.75. The molecule has 5 nitrogen and oxygen atoms in total. The molecule has 1 aromatic rings. The number of rotatable bonds is 3. The summed E-state index contributed by atoms with van der Waals surface area (Å²) in [5.41, 5.74) is 4.87. The van der Waals surface area contributed by atoms with Gasteiger partial charge in [-0.3, -0.25) is 9.79 Å². The Morgan fingerprint density at radius 1 is 1.43 bits per heavy atom. The summed E-state index contributed by atoms with van der Waals surface area (Å²) in [5, 5.41) is 3.09. The number of carbonyl (C=O) groups is 1. The molecule has 2 rings (SSSR count). The number of nitrogens with two attached hydrogens (primary N) is 1. The van der Waals surface area contributed by atoms with Crippen molar-refractivity contribution in [2.75, 3.05) is 26.7 Å². The molecule has 1 heterocycles. The number of guanidine groups is 1. The van der Waals surface area contributed by atoms with Gasteiger partial charge in [0.2, 0.25) is 5.91 Å². The highest BCUT2D eigenvalue weighted by molar-refractivity contribution is 14.0. The van der Waals surface area contributed by atoms with Crippen LogP contribution in [-0.4, -0.2) is 43.4 Å². The number of primary amides is 1. The highest BCUT2D eigenvalue weighted by atomic mass is 127. The topological polar surface area (TPSA) is 70.7 Å². The molecule has 1 unspecified atom stereocenters. The summed E-state index contributed by atoms with van der Waals surface area (Å²) in [6, 6.07) is 4.92. The van der Waals surface area contributed by atoms with E-state index in [2.05, 4.69) is 22.2 Å². The maximum absolute atomic E-state index is 12.7. The minimum absolute atomic E-state index is 0. The first-order chi connectivity index (χ1) is 12.8. The van der Waals surface area contributed by atoms with Crippen molar-refractivity contribution in [1.82, 2.24) is 10.2 Å². The van der Waals surface area contributed by atoms with E-state index in [1.165, 1.54) is 12.1 Å². The van der Waals surface area contributed by atoms with Crippen molar-refractivity contribution in [3.63, 3.8) is 0 Å². The van der Waals surface area contributed by atoms with Gasteiger partial charge in [0.1, 0.15) is 0 Å². The zero-order chi connectivity index (χ0) is 19.9. The number of piperidine rings is 1. The van der Waals surface area contributed by atoms with Gasteiger partial charge in [-0.1, -0.05) is 17.9 Å². The first-order valence-corrected chi connectivity index (χ1v) is 8.69. The molecule has 154 valence electrons. The third kappa shape index (κ3) is 7.58. The Balaban J connectivity index is 0.00000392. The Morgan fingerprint density at radius 2 is 2.18 bits per heavy atom. The van der Waals surface area contributed by atoms with Crippen molar-refractivity contribution in [3.8, 4) is 11.8 Å². The van der Waals surface area contributed by atoms with Gasteiger partial charge in [-0.15, -0.1) is 24.0 Å². The molecule has 0 aromatic heterocycles. The van der Waals surface area contributed by atoms with Crippen molar-refractivity contribution >= 4 is 35.8 Å². The molecule has 1 amide bonds. The van der Waals surface area contributed by atoms with Crippen LogP contribution in [-0.2, 0) is 11.0 Å². The van der Waals surface area contributed by atoms with E-state index in [-0.39, 0.29) is 42.3 Å². The summed E-state index contributed by atoms with van der Waals surface area (Å²) in [6.07, 6.45) is -2.14. The Bertz CT molecular complexity index is 756. The van der Waals surface area contributed by atoms with Gasteiger partial charge in [0, 0.05) is 32.1 Å². The number of aliphatic imine (C=N–C) groups is 1. The number of likely N-dealkylation sites (tertiary alicyclic amines) is 1. The number of hydrogen-bond acceptors (Lipinski definition) is 2. The van der Waals surface area contributed by atoms with E-state index in [9.17, 15) is 18.0 Å². The second-order valence-corrected chi connectivity index (χ2v) is 6.41. The second-order valence-electron chi connectivity index (χ2n) is 6.41. The first-order valence-electron chi connectivity index (χ1n) is 8.69. The van der Waals surface area contributed by atoms with Crippen LogP contribution in [0.1, 0.15) is 30.4 Å². The SMILES string of the molecule is CN=C(NCC#Cc1cccc(C(F)(F)F)c1)N1CCCC(CC(N)=O)C1.I. The predicted octanol–water partition coefficient (Wildman–Crippen LogP) is 2.84. The molecule has 0 saturated carbocycles. The third-order valence-corrected chi connectivity index (χ3v) is 4.28. The smallest absolute Gasteiger partial charge is 0.370 e. The molecule has 0 aliphatic carbocycles. The van der Waals surface area contributed by atoms with Gasteiger partial charge in [0.15, 0.2) is 5.96 Å². The van der Waals surface area contributed by atoms with E-state index in [0.717, 1.165) is 31.5 Å². The fraction of sp³-hybridized carbons (Fsp3) is 0.474. The second kappa shape index (κ2) is 11.1. The zero-order valence-electron chi connectivity index (χ0n) is 15.6. The largest absolute Gasteiger partial charge is 0.416 e.